The number of carbonyl (C=O) groups excluding carboxylic acids is 1. The highest BCUT2D eigenvalue weighted by Crippen LogP contribution is 2.26. The van der Waals surface area contributed by atoms with Crippen molar-refractivity contribution in [1.82, 2.24) is 0 Å². The van der Waals surface area contributed by atoms with E-state index in [2.05, 4.69) is 36.5 Å². The summed E-state index contributed by atoms with van der Waals surface area (Å²) in [6.45, 7) is 6.04. The quantitative estimate of drug-likeness (QED) is 0.839. The summed E-state index contributed by atoms with van der Waals surface area (Å²) in [7, 11) is 0. The topological polar surface area (TPSA) is 55.1 Å². The Bertz CT molecular complexity index is 645. The lowest BCUT2D eigenvalue weighted by atomic mass is 10.1. The second kappa shape index (κ2) is 6.44. The normalized spacial score (nSPS) is 10.4. The van der Waals surface area contributed by atoms with E-state index < -0.39 is 0 Å². The summed E-state index contributed by atoms with van der Waals surface area (Å²) in [4.78, 5) is 12.1. The van der Waals surface area contributed by atoms with Crippen molar-refractivity contribution in [2.45, 2.75) is 33.6 Å². The molecule has 0 saturated heterocycles. The number of benzene rings is 2. The number of carbonyl (C=O) groups is 1. The molecule has 0 aromatic heterocycles. The van der Waals surface area contributed by atoms with Crippen molar-refractivity contribution >= 4 is 17.3 Å². The summed E-state index contributed by atoms with van der Waals surface area (Å²) in [5.41, 5.74) is 11.8. The molecule has 3 heteroatoms. The molecule has 1 amide bonds. The molecular formula is C18H22N2O. The van der Waals surface area contributed by atoms with Gasteiger partial charge in [-0.15, -0.1) is 0 Å². The molecule has 0 spiro atoms. The summed E-state index contributed by atoms with van der Waals surface area (Å²) >= 11 is 0. The minimum Gasteiger partial charge on any atom is -0.397 e. The molecule has 0 fully saturated rings. The van der Waals surface area contributed by atoms with Gasteiger partial charge < -0.3 is 11.1 Å². The van der Waals surface area contributed by atoms with Crippen molar-refractivity contribution in [3.05, 3.63) is 58.7 Å². The third-order valence-electron chi connectivity index (χ3n) is 3.79. The number of hydrogen-bond acceptors (Lipinski definition) is 2. The Balaban J connectivity index is 1.99. The average molecular weight is 282 g/mol. The van der Waals surface area contributed by atoms with Gasteiger partial charge >= 0.3 is 0 Å². The van der Waals surface area contributed by atoms with Crippen LogP contribution in [0, 0.1) is 20.8 Å². The molecule has 0 aliphatic heterocycles. The van der Waals surface area contributed by atoms with E-state index in [1.54, 1.807) is 0 Å². The van der Waals surface area contributed by atoms with Crippen LogP contribution in [0.2, 0.25) is 0 Å². The lowest BCUT2D eigenvalue weighted by molar-refractivity contribution is -0.116. The number of aryl methyl sites for hydroxylation is 3. The molecule has 0 aliphatic carbocycles. The van der Waals surface area contributed by atoms with Crippen molar-refractivity contribution in [1.29, 1.82) is 0 Å². The fourth-order valence-corrected chi connectivity index (χ4v) is 2.22. The summed E-state index contributed by atoms with van der Waals surface area (Å²) in [6.07, 6.45) is 1.19. The molecule has 110 valence electrons. The highest BCUT2D eigenvalue weighted by molar-refractivity contribution is 5.95. The van der Waals surface area contributed by atoms with Crippen LogP contribution in [-0.2, 0) is 11.2 Å². The highest BCUT2D eigenvalue weighted by Gasteiger charge is 2.09. The molecular weight excluding hydrogens is 260 g/mol. The molecule has 0 radical (unpaired) electrons. The van der Waals surface area contributed by atoms with Gasteiger partial charge in [0.05, 0.1) is 11.4 Å². The lowest BCUT2D eigenvalue weighted by Crippen LogP contribution is -2.15. The average Bonchev–Trinajstić information content (AvgIpc) is 2.47. The Kier molecular flexibility index (Phi) is 4.63. The van der Waals surface area contributed by atoms with Crippen LogP contribution in [0.25, 0.3) is 0 Å². The van der Waals surface area contributed by atoms with E-state index in [1.807, 2.05) is 26.0 Å². The monoisotopic (exact) mass is 282 g/mol. The Labute approximate surface area is 126 Å². The van der Waals surface area contributed by atoms with Gasteiger partial charge in [-0.25, -0.2) is 0 Å². The predicted molar refractivity (Wildman–Crippen MR) is 88.5 cm³/mol. The second-order valence-corrected chi connectivity index (χ2v) is 5.51. The Morgan fingerprint density at radius 2 is 1.71 bits per heavy atom. The van der Waals surface area contributed by atoms with E-state index in [0.717, 1.165) is 23.2 Å². The van der Waals surface area contributed by atoms with Crippen molar-refractivity contribution < 1.29 is 4.79 Å². The minimum absolute atomic E-state index is 0.00373. The van der Waals surface area contributed by atoms with E-state index in [9.17, 15) is 4.79 Å². The molecule has 2 rings (SSSR count). The number of nitrogen functional groups attached to an aromatic ring is 1. The van der Waals surface area contributed by atoms with Gasteiger partial charge in [0.15, 0.2) is 0 Å². The Morgan fingerprint density at radius 3 is 2.38 bits per heavy atom. The van der Waals surface area contributed by atoms with Gasteiger partial charge in [0.2, 0.25) is 5.91 Å². The number of nitrogens with two attached hydrogens (primary N) is 1. The summed E-state index contributed by atoms with van der Waals surface area (Å²) in [5.74, 6) is -0.00373. The highest BCUT2D eigenvalue weighted by atomic mass is 16.1. The molecule has 0 heterocycles. The fourth-order valence-electron chi connectivity index (χ4n) is 2.22. The number of nitrogens with one attached hydrogen (secondary N) is 1. The third kappa shape index (κ3) is 3.85. The maximum atomic E-state index is 12.1. The lowest BCUT2D eigenvalue weighted by Gasteiger charge is -2.13. The molecule has 0 bridgehead atoms. The number of anilines is 2. The summed E-state index contributed by atoms with van der Waals surface area (Å²) in [6, 6.07) is 12.1. The maximum Gasteiger partial charge on any atom is 0.224 e. The first kappa shape index (κ1) is 15.1. The third-order valence-corrected chi connectivity index (χ3v) is 3.79. The van der Waals surface area contributed by atoms with Crippen molar-refractivity contribution in [2.24, 2.45) is 0 Å². The van der Waals surface area contributed by atoms with Gasteiger partial charge in [0, 0.05) is 6.42 Å². The van der Waals surface area contributed by atoms with Gasteiger partial charge in [0.1, 0.15) is 0 Å². The van der Waals surface area contributed by atoms with Gasteiger partial charge in [0.25, 0.3) is 0 Å². The maximum absolute atomic E-state index is 12.1. The molecule has 0 unspecified atom stereocenters. The van der Waals surface area contributed by atoms with Crippen molar-refractivity contribution in [3.8, 4) is 0 Å². The zero-order valence-electron chi connectivity index (χ0n) is 12.9. The molecule has 0 saturated carbocycles. The van der Waals surface area contributed by atoms with Crippen LogP contribution in [0.1, 0.15) is 28.7 Å². The van der Waals surface area contributed by atoms with E-state index in [4.69, 9.17) is 5.73 Å². The smallest absolute Gasteiger partial charge is 0.224 e. The van der Waals surface area contributed by atoms with Crippen molar-refractivity contribution in [3.63, 3.8) is 0 Å². The number of amides is 1. The Hall–Kier alpha value is -2.29. The molecule has 3 N–H and O–H groups in total. The van der Waals surface area contributed by atoms with Gasteiger partial charge in [-0.2, -0.15) is 0 Å². The first-order chi connectivity index (χ1) is 9.97. The molecule has 0 aliphatic rings. The van der Waals surface area contributed by atoms with E-state index >= 15 is 0 Å². The Morgan fingerprint density at radius 1 is 1.05 bits per heavy atom. The minimum atomic E-state index is -0.00373. The molecule has 0 atom stereocenters. The van der Waals surface area contributed by atoms with Crippen LogP contribution < -0.4 is 11.1 Å². The summed E-state index contributed by atoms with van der Waals surface area (Å²) in [5, 5.41) is 2.94. The second-order valence-electron chi connectivity index (χ2n) is 5.51. The largest absolute Gasteiger partial charge is 0.397 e. The van der Waals surface area contributed by atoms with Crippen LogP contribution in [0.4, 0.5) is 11.4 Å². The predicted octanol–water partition coefficient (Wildman–Crippen LogP) is 3.77. The fraction of sp³-hybridized carbons (Fsp3) is 0.278. The first-order valence-electron chi connectivity index (χ1n) is 7.18. The zero-order valence-corrected chi connectivity index (χ0v) is 12.9. The SMILES string of the molecule is Cc1ccc(CCC(=O)Nc2c(N)ccc(C)c2C)cc1. The van der Waals surface area contributed by atoms with Gasteiger partial charge in [-0.3, -0.25) is 4.79 Å². The summed E-state index contributed by atoms with van der Waals surface area (Å²) < 4.78 is 0. The van der Waals surface area contributed by atoms with E-state index in [0.29, 0.717) is 12.1 Å². The van der Waals surface area contributed by atoms with Gasteiger partial charge in [-0.1, -0.05) is 35.9 Å². The number of rotatable bonds is 4. The van der Waals surface area contributed by atoms with Crippen molar-refractivity contribution in [2.75, 3.05) is 11.1 Å². The van der Waals surface area contributed by atoms with E-state index in [1.165, 1.54) is 11.1 Å². The number of hydrogen-bond donors (Lipinski definition) is 2. The molecule has 2 aromatic carbocycles. The van der Waals surface area contributed by atoms with Crippen LogP contribution in [0.5, 0.6) is 0 Å². The van der Waals surface area contributed by atoms with E-state index in [-0.39, 0.29) is 5.91 Å². The van der Waals surface area contributed by atoms with Crippen LogP contribution in [0.3, 0.4) is 0 Å². The standard InChI is InChI=1S/C18H22N2O/c1-12-4-7-15(8-5-12)9-11-17(21)20-18-14(3)13(2)6-10-16(18)19/h4-8,10H,9,11,19H2,1-3H3,(H,20,21). The zero-order chi connectivity index (χ0) is 15.4. The van der Waals surface area contributed by atoms with Gasteiger partial charge in [-0.05, 0) is 49.9 Å². The van der Waals surface area contributed by atoms with Crippen LogP contribution in [-0.4, -0.2) is 5.91 Å². The van der Waals surface area contributed by atoms with Crippen LogP contribution in [0.15, 0.2) is 36.4 Å². The molecule has 2 aromatic rings. The molecule has 21 heavy (non-hydrogen) atoms. The first-order valence-corrected chi connectivity index (χ1v) is 7.18. The van der Waals surface area contributed by atoms with Crippen LogP contribution >= 0.6 is 0 Å². The molecule has 3 nitrogen and oxygen atoms in total.